The van der Waals surface area contributed by atoms with Gasteiger partial charge in [-0.25, -0.2) is 13.6 Å². The van der Waals surface area contributed by atoms with E-state index in [2.05, 4.69) is 5.32 Å². The van der Waals surface area contributed by atoms with Gasteiger partial charge >= 0.3 is 12.1 Å². The van der Waals surface area contributed by atoms with Crippen LogP contribution in [-0.2, 0) is 23.5 Å². The van der Waals surface area contributed by atoms with E-state index in [0.29, 0.717) is 29.8 Å². The lowest BCUT2D eigenvalue weighted by atomic mass is 9.99. The van der Waals surface area contributed by atoms with Gasteiger partial charge in [-0.15, -0.1) is 0 Å². The molecule has 0 aliphatic carbocycles. The molecule has 0 radical (unpaired) electrons. The van der Waals surface area contributed by atoms with Gasteiger partial charge in [-0.3, -0.25) is 4.79 Å². The van der Waals surface area contributed by atoms with Gasteiger partial charge in [0.25, 0.3) is 11.8 Å². The van der Waals surface area contributed by atoms with Crippen molar-refractivity contribution >= 4 is 22.6 Å². The Morgan fingerprint density at radius 3 is 2.20 bits per heavy atom. The Kier molecular flexibility index (Phi) is 6.79. The van der Waals surface area contributed by atoms with Gasteiger partial charge in [0.05, 0.1) is 11.1 Å². The van der Waals surface area contributed by atoms with E-state index < -0.39 is 47.2 Å². The molecule has 0 aromatic heterocycles. The molecule has 3 aromatic carbocycles. The largest absolute Gasteiger partial charge is 0.487 e. The summed E-state index contributed by atoms with van der Waals surface area (Å²) in [7, 11) is 0. The molecule has 35 heavy (non-hydrogen) atoms. The van der Waals surface area contributed by atoms with Gasteiger partial charge in [0.15, 0.2) is 0 Å². The molecule has 0 saturated carbocycles. The number of ether oxygens (including phenoxy) is 1. The molecule has 0 saturated heterocycles. The monoisotopic (exact) mass is 495 g/mol. The fourth-order valence-corrected chi connectivity index (χ4v) is 3.42. The maximum Gasteiger partial charge on any atom is 0.416 e. The van der Waals surface area contributed by atoms with Gasteiger partial charge in [0.2, 0.25) is 0 Å². The van der Waals surface area contributed by atoms with Crippen LogP contribution >= 0.6 is 0 Å². The van der Waals surface area contributed by atoms with Crippen LogP contribution in [0.3, 0.4) is 0 Å². The number of amides is 1. The Bertz CT molecular complexity index is 1280. The van der Waals surface area contributed by atoms with E-state index in [1.165, 1.54) is 19.9 Å². The summed E-state index contributed by atoms with van der Waals surface area (Å²) in [5.41, 5.74) is -3.96. The van der Waals surface area contributed by atoms with Crippen LogP contribution in [0.15, 0.2) is 54.6 Å². The number of carbonyl (C=O) groups is 2. The van der Waals surface area contributed by atoms with Crippen LogP contribution in [0.1, 0.15) is 47.8 Å². The quantitative estimate of drug-likeness (QED) is 0.386. The number of carboxylic acids is 1. The summed E-state index contributed by atoms with van der Waals surface area (Å²) in [4.78, 5) is 24.4. The summed E-state index contributed by atoms with van der Waals surface area (Å²) in [5, 5.41) is 12.8. The minimum absolute atomic E-state index is 0.0212. The lowest BCUT2D eigenvalue weighted by molar-refractivity contribution is -0.143. The van der Waals surface area contributed by atoms with Crippen molar-refractivity contribution in [3.05, 3.63) is 76.9 Å². The van der Waals surface area contributed by atoms with E-state index in [1.807, 2.05) is 0 Å². The third-order valence-corrected chi connectivity index (χ3v) is 5.37. The average Bonchev–Trinajstić information content (AvgIpc) is 2.75. The molecule has 0 aliphatic rings. The molecular weight excluding hydrogens is 473 g/mol. The first-order valence-electron chi connectivity index (χ1n) is 10.4. The van der Waals surface area contributed by atoms with E-state index in [9.17, 15) is 36.6 Å². The molecule has 0 bridgehead atoms. The molecular formula is C25H22F5NO4. The smallest absolute Gasteiger partial charge is 0.416 e. The van der Waals surface area contributed by atoms with Gasteiger partial charge in [0.1, 0.15) is 17.9 Å². The van der Waals surface area contributed by atoms with Crippen LogP contribution in [0.25, 0.3) is 10.8 Å². The average molecular weight is 495 g/mol. The first-order valence-corrected chi connectivity index (χ1v) is 10.4. The molecule has 186 valence electrons. The summed E-state index contributed by atoms with van der Waals surface area (Å²) < 4.78 is 73.4. The highest BCUT2D eigenvalue weighted by Gasteiger charge is 2.35. The lowest BCUT2D eigenvalue weighted by Gasteiger charge is -2.23. The predicted octanol–water partition coefficient (Wildman–Crippen LogP) is 6.14. The highest BCUT2D eigenvalue weighted by Crippen LogP contribution is 2.37. The molecule has 5 nitrogen and oxygen atoms in total. The number of fused-ring (bicyclic) bond motifs is 1. The van der Waals surface area contributed by atoms with Gasteiger partial charge in [-0.05, 0) is 43.0 Å². The van der Waals surface area contributed by atoms with E-state index in [4.69, 9.17) is 4.74 Å². The fourth-order valence-electron chi connectivity index (χ4n) is 3.42. The van der Waals surface area contributed by atoms with Crippen molar-refractivity contribution in [1.82, 2.24) is 5.32 Å². The van der Waals surface area contributed by atoms with Crippen LogP contribution in [-0.4, -0.2) is 22.5 Å². The molecule has 0 spiro atoms. The third kappa shape index (κ3) is 5.70. The summed E-state index contributed by atoms with van der Waals surface area (Å²) in [6, 6.07) is 11.7. The molecule has 1 amide bonds. The maximum absolute atomic E-state index is 14.2. The van der Waals surface area contributed by atoms with Gasteiger partial charge in [0, 0.05) is 17.9 Å². The summed E-state index contributed by atoms with van der Waals surface area (Å²) in [6.45, 7) is 2.49. The second-order valence-electron chi connectivity index (χ2n) is 8.59. The number of hydrogen-bond donors (Lipinski definition) is 2. The number of alkyl halides is 5. The molecule has 0 heterocycles. The molecule has 3 aromatic rings. The van der Waals surface area contributed by atoms with Gasteiger partial charge in [-0.1, -0.05) is 36.4 Å². The minimum Gasteiger partial charge on any atom is -0.487 e. The van der Waals surface area contributed by atoms with Crippen LogP contribution in [0.5, 0.6) is 5.75 Å². The molecule has 0 unspecified atom stereocenters. The second-order valence-corrected chi connectivity index (χ2v) is 8.59. The number of aliphatic carboxylic acids is 1. The SMILES string of the molecule is CC(C)(NC(=O)c1ccc2ccccc2c1OCc1ccc(C(F)(F)F)cc1C(C)(F)F)C(=O)O. The predicted molar refractivity (Wildman–Crippen MR) is 118 cm³/mol. The maximum atomic E-state index is 14.2. The Hall–Kier alpha value is -3.69. The van der Waals surface area contributed by atoms with E-state index >= 15 is 0 Å². The number of hydrogen-bond acceptors (Lipinski definition) is 3. The fraction of sp³-hybridized carbons (Fsp3) is 0.280. The molecule has 2 N–H and O–H groups in total. The molecule has 0 atom stereocenters. The van der Waals surface area contributed by atoms with Crippen molar-refractivity contribution < 1.29 is 41.4 Å². The van der Waals surface area contributed by atoms with E-state index in [0.717, 1.165) is 6.07 Å². The first-order chi connectivity index (χ1) is 16.1. The second kappa shape index (κ2) is 9.16. The Balaban J connectivity index is 2.05. The summed E-state index contributed by atoms with van der Waals surface area (Å²) >= 11 is 0. The topological polar surface area (TPSA) is 75.6 Å². The number of carbonyl (C=O) groups excluding carboxylic acids is 1. The van der Waals surface area contributed by atoms with E-state index in [1.54, 1.807) is 30.3 Å². The molecule has 10 heteroatoms. The standard InChI is InChI=1S/C25H22F5NO4/c1-23(2,22(33)34)31-21(32)18-11-9-14-6-4-5-7-17(14)20(18)35-13-15-8-10-16(25(28,29)30)12-19(15)24(3,26)27/h4-12H,13H2,1-3H3,(H,31,32)(H,33,34). The normalized spacial score (nSPS) is 12.5. The zero-order chi connectivity index (χ0) is 26.2. The summed E-state index contributed by atoms with van der Waals surface area (Å²) in [5.74, 6) is -5.68. The van der Waals surface area contributed by atoms with Crippen LogP contribution < -0.4 is 10.1 Å². The van der Waals surface area contributed by atoms with Crippen molar-refractivity contribution in [2.75, 3.05) is 0 Å². The van der Waals surface area contributed by atoms with E-state index in [-0.39, 0.29) is 16.9 Å². The Labute approximate surface area is 197 Å². The molecule has 0 aliphatic heterocycles. The highest BCUT2D eigenvalue weighted by molar-refractivity contribution is 6.05. The van der Waals surface area contributed by atoms with Crippen molar-refractivity contribution in [2.24, 2.45) is 0 Å². The van der Waals surface area contributed by atoms with Crippen molar-refractivity contribution in [1.29, 1.82) is 0 Å². The van der Waals surface area contributed by atoms with Gasteiger partial charge in [-0.2, -0.15) is 13.2 Å². The number of rotatable bonds is 7. The lowest BCUT2D eigenvalue weighted by Crippen LogP contribution is -2.49. The van der Waals surface area contributed by atoms with Gasteiger partial charge < -0.3 is 15.2 Å². The third-order valence-electron chi connectivity index (χ3n) is 5.37. The molecule has 0 fully saturated rings. The van der Waals surface area contributed by atoms with Crippen molar-refractivity contribution in [3.8, 4) is 5.75 Å². The highest BCUT2D eigenvalue weighted by atomic mass is 19.4. The van der Waals surface area contributed by atoms with Crippen molar-refractivity contribution in [3.63, 3.8) is 0 Å². The number of carboxylic acid groups (broad SMARTS) is 1. The van der Waals surface area contributed by atoms with Crippen molar-refractivity contribution in [2.45, 2.75) is 45.0 Å². The zero-order valence-corrected chi connectivity index (χ0v) is 19.0. The van der Waals surface area contributed by atoms with Crippen LogP contribution in [0.2, 0.25) is 0 Å². The van der Waals surface area contributed by atoms with Crippen LogP contribution in [0.4, 0.5) is 22.0 Å². The minimum atomic E-state index is -4.81. The number of nitrogens with one attached hydrogen (secondary N) is 1. The Morgan fingerprint density at radius 1 is 0.943 bits per heavy atom. The van der Waals surface area contributed by atoms with Crippen LogP contribution in [0, 0.1) is 0 Å². The first kappa shape index (κ1) is 25.9. The summed E-state index contributed by atoms with van der Waals surface area (Å²) in [6.07, 6.45) is -4.81. The number of benzene rings is 3. The Morgan fingerprint density at radius 2 is 1.60 bits per heavy atom. The number of halogens is 5. The zero-order valence-electron chi connectivity index (χ0n) is 19.0. The molecule has 3 rings (SSSR count).